The molecular weight excluding hydrogens is 254 g/mol. The standard InChI is InChI=1S/C15H23N3O2/c1-12(2)13(19)11-15(20)18-9-7-17(8-10-18)14-5-3-4-6-16-14/h3-6,12-13,19H,7-11H2,1-2H3. The first-order valence-corrected chi connectivity index (χ1v) is 7.19. The van der Waals surface area contributed by atoms with Crippen LogP contribution in [0.25, 0.3) is 0 Å². The zero-order valence-electron chi connectivity index (χ0n) is 12.2. The molecule has 1 aromatic rings. The van der Waals surface area contributed by atoms with Crippen molar-refractivity contribution in [1.29, 1.82) is 0 Å². The summed E-state index contributed by atoms with van der Waals surface area (Å²) in [6.45, 7) is 6.83. The van der Waals surface area contributed by atoms with E-state index in [9.17, 15) is 9.90 Å². The molecule has 1 aliphatic heterocycles. The Morgan fingerprint density at radius 3 is 2.55 bits per heavy atom. The van der Waals surface area contributed by atoms with Crippen molar-refractivity contribution in [3.8, 4) is 0 Å². The third kappa shape index (κ3) is 3.70. The number of aliphatic hydroxyl groups is 1. The Morgan fingerprint density at radius 1 is 1.30 bits per heavy atom. The van der Waals surface area contributed by atoms with E-state index in [2.05, 4.69) is 9.88 Å². The highest BCUT2D eigenvalue weighted by Gasteiger charge is 2.24. The van der Waals surface area contributed by atoms with Gasteiger partial charge in [0.15, 0.2) is 0 Å². The van der Waals surface area contributed by atoms with Crippen LogP contribution in [0.3, 0.4) is 0 Å². The van der Waals surface area contributed by atoms with Crippen molar-refractivity contribution in [1.82, 2.24) is 9.88 Å². The van der Waals surface area contributed by atoms with Gasteiger partial charge in [-0.3, -0.25) is 4.79 Å². The van der Waals surface area contributed by atoms with Gasteiger partial charge in [0.1, 0.15) is 5.82 Å². The van der Waals surface area contributed by atoms with E-state index < -0.39 is 6.10 Å². The molecule has 1 N–H and O–H groups in total. The fraction of sp³-hybridized carbons (Fsp3) is 0.600. The van der Waals surface area contributed by atoms with Gasteiger partial charge in [-0.1, -0.05) is 19.9 Å². The predicted molar refractivity (Wildman–Crippen MR) is 78.5 cm³/mol. The number of carbonyl (C=O) groups excluding carboxylic acids is 1. The Bertz CT molecular complexity index is 428. The van der Waals surface area contributed by atoms with E-state index in [1.54, 1.807) is 6.20 Å². The van der Waals surface area contributed by atoms with Gasteiger partial charge in [-0.05, 0) is 18.1 Å². The molecular formula is C15H23N3O2. The molecule has 5 heteroatoms. The fourth-order valence-electron chi connectivity index (χ4n) is 2.27. The van der Waals surface area contributed by atoms with Crippen LogP contribution in [0.2, 0.25) is 0 Å². The van der Waals surface area contributed by atoms with Gasteiger partial charge < -0.3 is 14.9 Å². The van der Waals surface area contributed by atoms with Crippen molar-refractivity contribution in [2.75, 3.05) is 31.1 Å². The van der Waals surface area contributed by atoms with Crippen molar-refractivity contribution < 1.29 is 9.90 Å². The van der Waals surface area contributed by atoms with Crippen LogP contribution in [0, 0.1) is 5.92 Å². The molecule has 1 fully saturated rings. The minimum Gasteiger partial charge on any atom is -0.392 e. The molecule has 0 aromatic carbocycles. The number of hydrogen-bond acceptors (Lipinski definition) is 4. The van der Waals surface area contributed by atoms with E-state index in [1.165, 1.54) is 0 Å². The van der Waals surface area contributed by atoms with Gasteiger partial charge in [0.2, 0.25) is 5.91 Å². The maximum atomic E-state index is 12.1. The Labute approximate surface area is 120 Å². The van der Waals surface area contributed by atoms with Gasteiger partial charge in [0.05, 0.1) is 12.5 Å². The number of aliphatic hydroxyl groups excluding tert-OH is 1. The summed E-state index contributed by atoms with van der Waals surface area (Å²) < 4.78 is 0. The molecule has 1 aliphatic rings. The van der Waals surface area contributed by atoms with Gasteiger partial charge in [-0.25, -0.2) is 4.98 Å². The summed E-state index contributed by atoms with van der Waals surface area (Å²) in [6, 6.07) is 5.86. The fourth-order valence-corrected chi connectivity index (χ4v) is 2.27. The van der Waals surface area contributed by atoms with Gasteiger partial charge in [-0.2, -0.15) is 0 Å². The molecule has 0 aliphatic carbocycles. The van der Waals surface area contributed by atoms with Gasteiger partial charge in [-0.15, -0.1) is 0 Å². The molecule has 1 aromatic heterocycles. The highest BCUT2D eigenvalue weighted by Crippen LogP contribution is 2.14. The van der Waals surface area contributed by atoms with E-state index in [-0.39, 0.29) is 18.2 Å². The van der Waals surface area contributed by atoms with Crippen LogP contribution in [0.5, 0.6) is 0 Å². The number of piperazine rings is 1. The van der Waals surface area contributed by atoms with Crippen molar-refractivity contribution in [3.63, 3.8) is 0 Å². The zero-order valence-corrected chi connectivity index (χ0v) is 12.2. The van der Waals surface area contributed by atoms with E-state index in [0.29, 0.717) is 13.1 Å². The summed E-state index contributed by atoms with van der Waals surface area (Å²) >= 11 is 0. The number of rotatable bonds is 4. The predicted octanol–water partition coefficient (Wildman–Crippen LogP) is 1.14. The molecule has 0 saturated carbocycles. The third-order valence-electron chi connectivity index (χ3n) is 3.76. The van der Waals surface area contributed by atoms with Gasteiger partial charge in [0, 0.05) is 32.4 Å². The topological polar surface area (TPSA) is 56.7 Å². The number of hydrogen-bond donors (Lipinski definition) is 1. The summed E-state index contributed by atoms with van der Waals surface area (Å²) in [4.78, 5) is 20.4. The Kier molecular flexibility index (Phi) is 4.95. The van der Waals surface area contributed by atoms with E-state index >= 15 is 0 Å². The average molecular weight is 277 g/mol. The Hall–Kier alpha value is -1.62. The quantitative estimate of drug-likeness (QED) is 0.896. The summed E-state index contributed by atoms with van der Waals surface area (Å²) in [6.07, 6.45) is 1.46. The maximum Gasteiger partial charge on any atom is 0.225 e. The lowest BCUT2D eigenvalue weighted by Gasteiger charge is -2.36. The highest BCUT2D eigenvalue weighted by atomic mass is 16.3. The molecule has 2 rings (SSSR count). The minimum absolute atomic E-state index is 0.0480. The van der Waals surface area contributed by atoms with Crippen LogP contribution in [0.1, 0.15) is 20.3 Å². The van der Waals surface area contributed by atoms with Crippen LogP contribution in [-0.2, 0) is 4.79 Å². The number of anilines is 1. The van der Waals surface area contributed by atoms with Crippen LogP contribution in [0.4, 0.5) is 5.82 Å². The molecule has 1 unspecified atom stereocenters. The van der Waals surface area contributed by atoms with Gasteiger partial charge in [0.25, 0.3) is 0 Å². The highest BCUT2D eigenvalue weighted by molar-refractivity contribution is 5.77. The molecule has 0 radical (unpaired) electrons. The normalized spacial score (nSPS) is 17.4. The molecule has 0 spiro atoms. The summed E-state index contributed by atoms with van der Waals surface area (Å²) in [5.74, 6) is 1.13. The number of carbonyl (C=O) groups is 1. The van der Waals surface area contributed by atoms with Crippen LogP contribution < -0.4 is 4.90 Å². The third-order valence-corrected chi connectivity index (χ3v) is 3.76. The lowest BCUT2D eigenvalue weighted by atomic mass is 10.0. The zero-order chi connectivity index (χ0) is 14.5. The van der Waals surface area contributed by atoms with E-state index in [1.807, 2.05) is 36.9 Å². The Balaban J connectivity index is 1.84. The van der Waals surface area contributed by atoms with Crippen LogP contribution in [0.15, 0.2) is 24.4 Å². The molecule has 0 bridgehead atoms. The number of amides is 1. The lowest BCUT2D eigenvalue weighted by molar-refractivity contribution is -0.134. The second-order valence-electron chi connectivity index (χ2n) is 5.57. The summed E-state index contributed by atoms with van der Waals surface area (Å²) in [5, 5.41) is 9.79. The van der Waals surface area contributed by atoms with Crippen molar-refractivity contribution >= 4 is 11.7 Å². The summed E-state index contributed by atoms with van der Waals surface area (Å²) in [7, 11) is 0. The van der Waals surface area contributed by atoms with Crippen molar-refractivity contribution in [2.24, 2.45) is 5.92 Å². The largest absolute Gasteiger partial charge is 0.392 e. The smallest absolute Gasteiger partial charge is 0.225 e. The number of aromatic nitrogens is 1. The molecule has 110 valence electrons. The minimum atomic E-state index is -0.545. The first-order valence-electron chi connectivity index (χ1n) is 7.19. The first kappa shape index (κ1) is 14.8. The lowest BCUT2D eigenvalue weighted by Crippen LogP contribution is -2.49. The van der Waals surface area contributed by atoms with Gasteiger partial charge >= 0.3 is 0 Å². The number of pyridine rings is 1. The monoisotopic (exact) mass is 277 g/mol. The maximum absolute atomic E-state index is 12.1. The molecule has 5 nitrogen and oxygen atoms in total. The SMILES string of the molecule is CC(C)C(O)CC(=O)N1CCN(c2ccccn2)CC1. The number of nitrogens with zero attached hydrogens (tertiary/aromatic N) is 3. The van der Waals surface area contributed by atoms with E-state index in [4.69, 9.17) is 0 Å². The molecule has 1 saturated heterocycles. The Morgan fingerprint density at radius 2 is 2.00 bits per heavy atom. The van der Waals surface area contributed by atoms with Crippen LogP contribution >= 0.6 is 0 Å². The van der Waals surface area contributed by atoms with Crippen molar-refractivity contribution in [2.45, 2.75) is 26.4 Å². The second-order valence-corrected chi connectivity index (χ2v) is 5.57. The van der Waals surface area contributed by atoms with E-state index in [0.717, 1.165) is 18.9 Å². The average Bonchev–Trinajstić information content (AvgIpc) is 2.48. The summed E-state index contributed by atoms with van der Waals surface area (Å²) in [5.41, 5.74) is 0. The molecule has 2 heterocycles. The molecule has 1 atom stereocenters. The first-order chi connectivity index (χ1) is 9.58. The molecule has 1 amide bonds. The second kappa shape index (κ2) is 6.70. The van der Waals surface area contributed by atoms with Crippen LogP contribution in [-0.4, -0.2) is 53.2 Å². The van der Waals surface area contributed by atoms with Crippen molar-refractivity contribution in [3.05, 3.63) is 24.4 Å². The molecule has 20 heavy (non-hydrogen) atoms.